The van der Waals surface area contributed by atoms with Gasteiger partial charge in [-0.3, -0.25) is 0 Å². The fraction of sp³-hybridized carbons (Fsp3) is 0.538. The monoisotopic (exact) mass is 191 g/mol. The van der Waals surface area contributed by atoms with E-state index in [0.717, 1.165) is 0 Å². The summed E-state index contributed by atoms with van der Waals surface area (Å²) in [5.41, 5.74) is 4.13. The van der Waals surface area contributed by atoms with Crippen LogP contribution in [-0.4, -0.2) is 7.05 Å². The summed E-state index contributed by atoms with van der Waals surface area (Å²) in [6.45, 7) is 4.44. The SMILES string of the molecule is CCCCCc1cc(NC)ccc1C. The predicted octanol–water partition coefficient (Wildman–Crippen LogP) is 3.77. The Morgan fingerprint density at radius 2 is 2.00 bits per heavy atom. The number of benzene rings is 1. The molecule has 1 aromatic carbocycles. The normalized spacial score (nSPS) is 10.2. The first-order chi connectivity index (χ1) is 6.77. The highest BCUT2D eigenvalue weighted by Gasteiger charge is 1.99. The number of hydrogen-bond acceptors (Lipinski definition) is 1. The topological polar surface area (TPSA) is 12.0 Å². The van der Waals surface area contributed by atoms with E-state index in [4.69, 9.17) is 0 Å². The molecule has 1 nitrogen and oxygen atoms in total. The van der Waals surface area contributed by atoms with Gasteiger partial charge < -0.3 is 5.32 Å². The first kappa shape index (κ1) is 11.1. The van der Waals surface area contributed by atoms with E-state index in [1.54, 1.807) is 0 Å². The molecule has 0 spiro atoms. The average molecular weight is 191 g/mol. The molecule has 0 saturated heterocycles. The van der Waals surface area contributed by atoms with Gasteiger partial charge in [0, 0.05) is 12.7 Å². The van der Waals surface area contributed by atoms with E-state index in [-0.39, 0.29) is 0 Å². The standard InChI is InChI=1S/C13H21N/c1-4-5-6-7-12-10-13(14-3)9-8-11(12)2/h8-10,14H,4-7H2,1-3H3. The smallest absolute Gasteiger partial charge is 0.0340 e. The fourth-order valence-electron chi connectivity index (χ4n) is 1.66. The van der Waals surface area contributed by atoms with Crippen LogP contribution in [0.2, 0.25) is 0 Å². The van der Waals surface area contributed by atoms with Crippen molar-refractivity contribution in [2.24, 2.45) is 0 Å². The van der Waals surface area contributed by atoms with E-state index in [0.29, 0.717) is 0 Å². The van der Waals surface area contributed by atoms with Crippen LogP contribution in [-0.2, 0) is 6.42 Å². The number of nitrogens with one attached hydrogen (secondary N) is 1. The molecule has 0 unspecified atom stereocenters. The van der Waals surface area contributed by atoms with Crippen LogP contribution in [0.4, 0.5) is 5.69 Å². The summed E-state index contributed by atoms with van der Waals surface area (Å²) < 4.78 is 0. The Hall–Kier alpha value is -0.980. The average Bonchev–Trinajstić information content (AvgIpc) is 2.21. The zero-order valence-corrected chi connectivity index (χ0v) is 9.56. The van der Waals surface area contributed by atoms with Crippen molar-refractivity contribution in [3.05, 3.63) is 29.3 Å². The van der Waals surface area contributed by atoms with Gasteiger partial charge in [0.15, 0.2) is 0 Å². The lowest BCUT2D eigenvalue weighted by molar-refractivity contribution is 0.715. The first-order valence-corrected chi connectivity index (χ1v) is 5.55. The maximum atomic E-state index is 3.18. The molecule has 0 aromatic heterocycles. The summed E-state index contributed by atoms with van der Waals surface area (Å²) in [4.78, 5) is 0. The Kier molecular flexibility index (Phi) is 4.51. The van der Waals surface area contributed by atoms with Crippen molar-refractivity contribution in [3.63, 3.8) is 0 Å². The molecule has 0 bridgehead atoms. The third-order valence-corrected chi connectivity index (χ3v) is 2.69. The van der Waals surface area contributed by atoms with Crippen molar-refractivity contribution in [2.75, 3.05) is 12.4 Å². The molecule has 0 radical (unpaired) electrons. The zero-order chi connectivity index (χ0) is 10.4. The summed E-state index contributed by atoms with van der Waals surface area (Å²) in [6.07, 6.45) is 5.16. The van der Waals surface area contributed by atoms with E-state index in [1.165, 1.54) is 42.5 Å². The maximum Gasteiger partial charge on any atom is 0.0340 e. The van der Waals surface area contributed by atoms with Gasteiger partial charge in [-0.15, -0.1) is 0 Å². The van der Waals surface area contributed by atoms with Gasteiger partial charge in [0.1, 0.15) is 0 Å². The molecule has 0 fully saturated rings. The molecule has 0 saturated carbocycles. The highest BCUT2D eigenvalue weighted by Crippen LogP contribution is 2.17. The summed E-state index contributed by atoms with van der Waals surface area (Å²) in [5, 5.41) is 3.18. The van der Waals surface area contributed by atoms with Gasteiger partial charge in [0.05, 0.1) is 0 Å². The van der Waals surface area contributed by atoms with E-state index in [2.05, 4.69) is 37.4 Å². The van der Waals surface area contributed by atoms with Crippen molar-refractivity contribution in [1.82, 2.24) is 0 Å². The van der Waals surface area contributed by atoms with E-state index < -0.39 is 0 Å². The summed E-state index contributed by atoms with van der Waals surface area (Å²) in [5.74, 6) is 0. The molecule has 78 valence electrons. The highest BCUT2D eigenvalue weighted by molar-refractivity contribution is 5.47. The molecule has 14 heavy (non-hydrogen) atoms. The summed E-state index contributed by atoms with van der Waals surface area (Å²) in [7, 11) is 1.97. The van der Waals surface area contributed by atoms with E-state index >= 15 is 0 Å². The molecular weight excluding hydrogens is 170 g/mol. The van der Waals surface area contributed by atoms with Crippen LogP contribution in [0.3, 0.4) is 0 Å². The number of rotatable bonds is 5. The Bertz CT molecular complexity index is 279. The second kappa shape index (κ2) is 5.69. The predicted molar refractivity (Wildman–Crippen MR) is 64.0 cm³/mol. The fourth-order valence-corrected chi connectivity index (χ4v) is 1.66. The molecule has 1 heteroatoms. The molecule has 1 N–H and O–H groups in total. The minimum Gasteiger partial charge on any atom is -0.388 e. The van der Waals surface area contributed by atoms with Gasteiger partial charge in [-0.25, -0.2) is 0 Å². The van der Waals surface area contributed by atoms with Crippen molar-refractivity contribution in [2.45, 2.75) is 39.5 Å². The Morgan fingerprint density at radius 3 is 2.64 bits per heavy atom. The lowest BCUT2D eigenvalue weighted by Crippen LogP contribution is -1.94. The lowest BCUT2D eigenvalue weighted by Gasteiger charge is -2.08. The van der Waals surface area contributed by atoms with Crippen LogP contribution in [0, 0.1) is 6.92 Å². The second-order valence-electron chi connectivity index (χ2n) is 3.85. The van der Waals surface area contributed by atoms with Crippen LogP contribution in [0.5, 0.6) is 0 Å². The summed E-state index contributed by atoms with van der Waals surface area (Å²) >= 11 is 0. The van der Waals surface area contributed by atoms with Crippen molar-refractivity contribution in [3.8, 4) is 0 Å². The van der Waals surface area contributed by atoms with Gasteiger partial charge in [-0.1, -0.05) is 25.8 Å². The molecule has 1 rings (SSSR count). The zero-order valence-electron chi connectivity index (χ0n) is 9.56. The second-order valence-corrected chi connectivity index (χ2v) is 3.85. The number of unbranched alkanes of at least 4 members (excludes halogenated alkanes) is 2. The number of anilines is 1. The molecule has 0 heterocycles. The molecular formula is C13H21N. The van der Waals surface area contributed by atoms with Crippen LogP contribution >= 0.6 is 0 Å². The molecule has 0 atom stereocenters. The highest BCUT2D eigenvalue weighted by atomic mass is 14.8. The van der Waals surface area contributed by atoms with Crippen LogP contribution < -0.4 is 5.32 Å². The minimum atomic E-state index is 1.22. The molecule has 0 aliphatic heterocycles. The Balaban J connectivity index is 2.64. The van der Waals surface area contributed by atoms with Crippen molar-refractivity contribution >= 4 is 5.69 Å². The van der Waals surface area contributed by atoms with Crippen LogP contribution in [0.15, 0.2) is 18.2 Å². The van der Waals surface area contributed by atoms with Gasteiger partial charge in [0.2, 0.25) is 0 Å². The molecule has 1 aromatic rings. The summed E-state index contributed by atoms with van der Waals surface area (Å²) in [6, 6.07) is 6.61. The number of aryl methyl sites for hydroxylation is 2. The third kappa shape index (κ3) is 3.06. The molecule has 0 amide bonds. The van der Waals surface area contributed by atoms with Crippen LogP contribution in [0.1, 0.15) is 37.3 Å². The van der Waals surface area contributed by atoms with Crippen LogP contribution in [0.25, 0.3) is 0 Å². The first-order valence-electron chi connectivity index (χ1n) is 5.55. The van der Waals surface area contributed by atoms with Crippen molar-refractivity contribution < 1.29 is 0 Å². The Morgan fingerprint density at radius 1 is 1.21 bits per heavy atom. The van der Waals surface area contributed by atoms with Gasteiger partial charge in [-0.2, -0.15) is 0 Å². The van der Waals surface area contributed by atoms with E-state index in [1.807, 2.05) is 7.05 Å². The maximum absolute atomic E-state index is 3.18. The molecule has 0 aliphatic carbocycles. The van der Waals surface area contributed by atoms with Gasteiger partial charge in [0.25, 0.3) is 0 Å². The van der Waals surface area contributed by atoms with Gasteiger partial charge >= 0.3 is 0 Å². The quantitative estimate of drug-likeness (QED) is 0.699. The lowest BCUT2D eigenvalue weighted by atomic mass is 10.0. The largest absolute Gasteiger partial charge is 0.388 e. The third-order valence-electron chi connectivity index (χ3n) is 2.69. The van der Waals surface area contributed by atoms with E-state index in [9.17, 15) is 0 Å². The van der Waals surface area contributed by atoms with Crippen molar-refractivity contribution in [1.29, 1.82) is 0 Å². The number of hydrogen-bond donors (Lipinski definition) is 1. The Labute approximate surface area is 87.5 Å². The van der Waals surface area contributed by atoms with Gasteiger partial charge in [-0.05, 0) is 43.0 Å². The molecule has 0 aliphatic rings. The minimum absolute atomic E-state index is 1.22.